The van der Waals surface area contributed by atoms with Crippen molar-refractivity contribution in [3.8, 4) is 0 Å². The highest BCUT2D eigenvalue weighted by Gasteiger charge is 2.08. The van der Waals surface area contributed by atoms with Crippen LogP contribution in [-0.2, 0) is 0 Å². The van der Waals surface area contributed by atoms with Crippen molar-refractivity contribution in [2.75, 3.05) is 6.54 Å². The maximum atomic E-state index is 5.59. The van der Waals surface area contributed by atoms with Crippen LogP contribution in [0.2, 0.25) is 0 Å². The van der Waals surface area contributed by atoms with Crippen LogP contribution in [0.5, 0.6) is 0 Å². The molecule has 1 aromatic carbocycles. The van der Waals surface area contributed by atoms with Gasteiger partial charge in [-0.25, -0.2) is 4.98 Å². The minimum Gasteiger partial charge on any atom is -0.342 e. The van der Waals surface area contributed by atoms with Gasteiger partial charge in [-0.3, -0.25) is 0 Å². The van der Waals surface area contributed by atoms with E-state index in [4.69, 9.17) is 5.73 Å². The molecule has 74 valence electrons. The van der Waals surface area contributed by atoms with Crippen molar-refractivity contribution in [2.45, 2.75) is 12.8 Å². The smallest absolute Gasteiger partial charge is 0.111 e. The molecule has 0 radical (unpaired) electrons. The maximum Gasteiger partial charge on any atom is 0.111 e. The number of aromatic amines is 1. The van der Waals surface area contributed by atoms with Gasteiger partial charge < -0.3 is 10.7 Å². The molecule has 3 nitrogen and oxygen atoms in total. The average molecular weight is 254 g/mol. The third-order valence-electron chi connectivity index (χ3n) is 2.28. The third-order valence-corrected chi connectivity index (χ3v) is 2.78. The number of nitrogens with two attached hydrogens (primary N) is 1. The summed E-state index contributed by atoms with van der Waals surface area (Å²) in [5, 5.41) is 0. The molecule has 4 heteroatoms. The Morgan fingerprint density at radius 3 is 3.07 bits per heavy atom. The molecule has 0 aliphatic heterocycles. The fraction of sp³-hybridized carbons (Fsp3) is 0.300. The number of hydrogen-bond acceptors (Lipinski definition) is 2. The SMILES string of the molecule is CC(CN)c1nc2ccc(Br)cc2[nH]1. The predicted molar refractivity (Wildman–Crippen MR) is 61.3 cm³/mol. The minimum absolute atomic E-state index is 0.279. The zero-order valence-corrected chi connectivity index (χ0v) is 9.51. The number of benzene rings is 1. The topological polar surface area (TPSA) is 54.7 Å². The number of H-pyrrole nitrogens is 1. The monoisotopic (exact) mass is 253 g/mol. The molecule has 0 aliphatic carbocycles. The molecule has 0 amide bonds. The molecule has 14 heavy (non-hydrogen) atoms. The van der Waals surface area contributed by atoms with Gasteiger partial charge in [-0.2, -0.15) is 0 Å². The molecule has 0 spiro atoms. The van der Waals surface area contributed by atoms with E-state index in [0.29, 0.717) is 6.54 Å². The standard InChI is InChI=1S/C10H12BrN3/c1-6(5-12)10-13-8-3-2-7(11)4-9(8)14-10/h2-4,6H,5,12H2,1H3,(H,13,14). The Kier molecular flexibility index (Phi) is 2.56. The molecule has 0 saturated heterocycles. The summed E-state index contributed by atoms with van der Waals surface area (Å²) in [6, 6.07) is 6.00. The van der Waals surface area contributed by atoms with Gasteiger partial charge in [-0.1, -0.05) is 22.9 Å². The van der Waals surface area contributed by atoms with Crippen molar-refractivity contribution < 1.29 is 0 Å². The molecule has 0 fully saturated rings. The Labute approximate surface area is 90.8 Å². The second-order valence-corrected chi connectivity index (χ2v) is 4.34. The summed E-state index contributed by atoms with van der Waals surface area (Å²) in [7, 11) is 0. The van der Waals surface area contributed by atoms with Gasteiger partial charge in [-0.05, 0) is 18.2 Å². The van der Waals surface area contributed by atoms with Crippen LogP contribution in [0.4, 0.5) is 0 Å². The number of rotatable bonds is 2. The second kappa shape index (κ2) is 3.71. The van der Waals surface area contributed by atoms with Crippen LogP contribution in [0.25, 0.3) is 11.0 Å². The van der Waals surface area contributed by atoms with E-state index >= 15 is 0 Å². The summed E-state index contributed by atoms with van der Waals surface area (Å²) in [6.07, 6.45) is 0. The Balaban J connectivity index is 2.51. The summed E-state index contributed by atoms with van der Waals surface area (Å²) < 4.78 is 1.06. The van der Waals surface area contributed by atoms with Crippen LogP contribution >= 0.6 is 15.9 Å². The van der Waals surface area contributed by atoms with Gasteiger partial charge >= 0.3 is 0 Å². The lowest BCUT2D eigenvalue weighted by Gasteiger charge is -2.01. The van der Waals surface area contributed by atoms with E-state index in [2.05, 4.69) is 32.8 Å². The summed E-state index contributed by atoms with van der Waals surface area (Å²) in [6.45, 7) is 2.67. The van der Waals surface area contributed by atoms with Gasteiger partial charge in [0.05, 0.1) is 11.0 Å². The van der Waals surface area contributed by atoms with Crippen molar-refractivity contribution in [3.05, 3.63) is 28.5 Å². The normalized spacial score (nSPS) is 13.4. The van der Waals surface area contributed by atoms with Crippen molar-refractivity contribution in [2.24, 2.45) is 5.73 Å². The largest absolute Gasteiger partial charge is 0.342 e. The number of aromatic nitrogens is 2. The number of imidazole rings is 1. The van der Waals surface area contributed by atoms with Crippen molar-refractivity contribution >= 4 is 27.0 Å². The Hall–Kier alpha value is -0.870. The first kappa shape index (κ1) is 9.68. The van der Waals surface area contributed by atoms with Gasteiger partial charge in [-0.15, -0.1) is 0 Å². The molecule has 3 N–H and O–H groups in total. The van der Waals surface area contributed by atoms with Crippen molar-refractivity contribution in [3.63, 3.8) is 0 Å². The summed E-state index contributed by atoms with van der Waals surface area (Å²) in [4.78, 5) is 7.73. The van der Waals surface area contributed by atoms with Crippen molar-refractivity contribution in [1.82, 2.24) is 9.97 Å². The number of nitrogens with one attached hydrogen (secondary N) is 1. The summed E-state index contributed by atoms with van der Waals surface area (Å²) >= 11 is 3.42. The van der Waals surface area contributed by atoms with Crippen molar-refractivity contribution in [1.29, 1.82) is 0 Å². The first-order valence-electron chi connectivity index (χ1n) is 4.56. The van der Waals surface area contributed by atoms with Crippen LogP contribution in [0.1, 0.15) is 18.7 Å². The minimum atomic E-state index is 0.279. The predicted octanol–water partition coefficient (Wildman–Crippen LogP) is 2.39. The molecule has 1 heterocycles. The van der Waals surface area contributed by atoms with Crippen LogP contribution in [-0.4, -0.2) is 16.5 Å². The van der Waals surface area contributed by atoms with E-state index < -0.39 is 0 Å². The maximum absolute atomic E-state index is 5.59. The molecule has 1 aromatic heterocycles. The van der Waals surface area contributed by atoms with E-state index in [1.807, 2.05) is 18.2 Å². The molecule has 0 saturated carbocycles. The highest BCUT2D eigenvalue weighted by Crippen LogP contribution is 2.20. The lowest BCUT2D eigenvalue weighted by molar-refractivity contribution is 0.728. The average Bonchev–Trinajstić information content (AvgIpc) is 2.59. The Bertz CT molecular complexity index is 450. The first-order valence-corrected chi connectivity index (χ1v) is 5.35. The molecular formula is C10H12BrN3. The zero-order valence-electron chi connectivity index (χ0n) is 7.92. The van der Waals surface area contributed by atoms with Gasteiger partial charge in [0.1, 0.15) is 5.82 Å². The van der Waals surface area contributed by atoms with Gasteiger partial charge in [0.2, 0.25) is 0 Å². The third kappa shape index (κ3) is 1.67. The Morgan fingerprint density at radius 1 is 1.57 bits per heavy atom. The number of nitrogens with zero attached hydrogens (tertiary/aromatic N) is 1. The van der Waals surface area contributed by atoms with E-state index in [1.165, 1.54) is 0 Å². The second-order valence-electron chi connectivity index (χ2n) is 3.42. The van der Waals surface area contributed by atoms with Crippen LogP contribution in [0, 0.1) is 0 Å². The summed E-state index contributed by atoms with van der Waals surface area (Å²) in [5.41, 5.74) is 7.63. The molecule has 2 rings (SSSR count). The van der Waals surface area contributed by atoms with Crippen LogP contribution < -0.4 is 5.73 Å². The van der Waals surface area contributed by atoms with E-state index in [-0.39, 0.29) is 5.92 Å². The zero-order chi connectivity index (χ0) is 10.1. The molecule has 0 bridgehead atoms. The lowest BCUT2D eigenvalue weighted by atomic mass is 10.2. The lowest BCUT2D eigenvalue weighted by Crippen LogP contribution is -2.10. The van der Waals surface area contributed by atoms with Gasteiger partial charge in [0.15, 0.2) is 0 Å². The highest BCUT2D eigenvalue weighted by molar-refractivity contribution is 9.10. The van der Waals surface area contributed by atoms with E-state index in [9.17, 15) is 0 Å². The molecule has 2 aromatic rings. The van der Waals surface area contributed by atoms with E-state index in [0.717, 1.165) is 21.3 Å². The highest BCUT2D eigenvalue weighted by atomic mass is 79.9. The quantitative estimate of drug-likeness (QED) is 0.864. The van der Waals surface area contributed by atoms with Crippen LogP contribution in [0.3, 0.4) is 0 Å². The number of fused-ring (bicyclic) bond motifs is 1. The van der Waals surface area contributed by atoms with E-state index in [1.54, 1.807) is 0 Å². The molecular weight excluding hydrogens is 242 g/mol. The molecule has 1 unspecified atom stereocenters. The number of hydrogen-bond donors (Lipinski definition) is 2. The Morgan fingerprint density at radius 2 is 2.36 bits per heavy atom. The van der Waals surface area contributed by atoms with Gasteiger partial charge in [0, 0.05) is 16.9 Å². The van der Waals surface area contributed by atoms with Gasteiger partial charge in [0.25, 0.3) is 0 Å². The van der Waals surface area contributed by atoms with Crippen LogP contribution in [0.15, 0.2) is 22.7 Å². The number of halogens is 1. The fourth-order valence-electron chi connectivity index (χ4n) is 1.35. The first-order chi connectivity index (χ1) is 6.70. The fourth-order valence-corrected chi connectivity index (χ4v) is 1.71. The molecule has 0 aliphatic rings. The molecule has 1 atom stereocenters. The summed E-state index contributed by atoms with van der Waals surface area (Å²) in [5.74, 6) is 1.24.